The average molecular weight is 281 g/mol. The van der Waals surface area contributed by atoms with Crippen LogP contribution in [0, 0.1) is 5.82 Å². The molecule has 0 aliphatic heterocycles. The van der Waals surface area contributed by atoms with Crippen LogP contribution in [-0.2, 0) is 0 Å². The topological polar surface area (TPSA) is 18.5 Å². The zero-order chi connectivity index (χ0) is 15.3. The third-order valence-electron chi connectivity index (χ3n) is 3.72. The number of anilines is 1. The van der Waals surface area contributed by atoms with E-state index >= 15 is 0 Å². The van der Waals surface area contributed by atoms with Gasteiger partial charge in [0, 0.05) is 25.2 Å². The minimum Gasteiger partial charge on any atom is -0.365 e. The Bertz CT molecular complexity index is 420. The quantitative estimate of drug-likeness (QED) is 0.829. The molecule has 0 aromatic heterocycles. The number of nitrogens with one attached hydrogen (secondary N) is 1. The lowest BCUT2D eigenvalue weighted by molar-refractivity contribution is 0.371. The zero-order valence-corrected chi connectivity index (χ0v) is 13.6. The Labute approximate surface area is 122 Å². The molecular formula is C16H28FN3. The molecule has 0 bridgehead atoms. The van der Waals surface area contributed by atoms with Gasteiger partial charge in [-0.25, -0.2) is 4.39 Å². The summed E-state index contributed by atoms with van der Waals surface area (Å²) in [6.45, 7) is 7.93. The van der Waals surface area contributed by atoms with Crippen LogP contribution >= 0.6 is 0 Å². The van der Waals surface area contributed by atoms with Crippen LogP contribution in [0.25, 0.3) is 0 Å². The number of nitrogens with zero attached hydrogens (tertiary/aromatic N) is 2. The van der Waals surface area contributed by atoms with Gasteiger partial charge in [-0.2, -0.15) is 0 Å². The van der Waals surface area contributed by atoms with E-state index in [9.17, 15) is 4.39 Å². The molecule has 114 valence electrons. The summed E-state index contributed by atoms with van der Waals surface area (Å²) in [5.41, 5.74) is 1.67. The number of likely N-dealkylation sites (N-methyl/N-ethyl adjacent to an activating group) is 2. The van der Waals surface area contributed by atoms with Gasteiger partial charge in [0.2, 0.25) is 0 Å². The van der Waals surface area contributed by atoms with Crippen molar-refractivity contribution in [2.45, 2.75) is 32.9 Å². The highest BCUT2D eigenvalue weighted by Crippen LogP contribution is 2.25. The van der Waals surface area contributed by atoms with Crippen LogP contribution in [0.2, 0.25) is 0 Å². The van der Waals surface area contributed by atoms with Gasteiger partial charge in [0.25, 0.3) is 0 Å². The van der Waals surface area contributed by atoms with E-state index in [1.165, 1.54) is 0 Å². The molecule has 2 unspecified atom stereocenters. The average Bonchev–Trinajstić information content (AvgIpc) is 2.39. The van der Waals surface area contributed by atoms with Crippen LogP contribution in [0.3, 0.4) is 0 Å². The van der Waals surface area contributed by atoms with Crippen LogP contribution in [0.1, 0.15) is 32.4 Å². The van der Waals surface area contributed by atoms with Crippen molar-refractivity contribution < 1.29 is 4.39 Å². The Morgan fingerprint density at radius 3 is 2.35 bits per heavy atom. The summed E-state index contributed by atoms with van der Waals surface area (Å²) in [4.78, 5) is 4.24. The standard InChI is InChI=1S/C16H28FN3/c1-7-20(12(2)11-19(5)6)16-9-8-14(10-15(16)17)13(3)18-4/h8-10,12-13,18H,7,11H2,1-6H3. The van der Waals surface area contributed by atoms with Crippen LogP contribution in [-0.4, -0.2) is 45.2 Å². The first-order valence-corrected chi connectivity index (χ1v) is 7.28. The van der Waals surface area contributed by atoms with Gasteiger partial charge < -0.3 is 15.1 Å². The number of hydrogen-bond donors (Lipinski definition) is 1. The molecule has 1 rings (SSSR count). The van der Waals surface area contributed by atoms with E-state index in [2.05, 4.69) is 29.0 Å². The number of hydrogen-bond acceptors (Lipinski definition) is 3. The highest BCUT2D eigenvalue weighted by molar-refractivity contribution is 5.50. The normalized spacial score (nSPS) is 14.4. The van der Waals surface area contributed by atoms with Crippen LogP contribution in [0.5, 0.6) is 0 Å². The smallest absolute Gasteiger partial charge is 0.146 e. The molecule has 0 radical (unpaired) electrons. The van der Waals surface area contributed by atoms with E-state index in [-0.39, 0.29) is 17.9 Å². The Hall–Kier alpha value is -1.13. The first kappa shape index (κ1) is 16.9. The fourth-order valence-corrected chi connectivity index (χ4v) is 2.54. The Morgan fingerprint density at radius 2 is 1.90 bits per heavy atom. The predicted molar refractivity (Wildman–Crippen MR) is 84.9 cm³/mol. The molecule has 4 heteroatoms. The molecule has 0 fully saturated rings. The van der Waals surface area contributed by atoms with Gasteiger partial charge in [0.15, 0.2) is 0 Å². The van der Waals surface area contributed by atoms with Gasteiger partial charge in [0.05, 0.1) is 5.69 Å². The van der Waals surface area contributed by atoms with Crippen LogP contribution < -0.4 is 10.2 Å². The first-order valence-electron chi connectivity index (χ1n) is 7.28. The highest BCUT2D eigenvalue weighted by atomic mass is 19.1. The third kappa shape index (κ3) is 4.18. The second kappa shape index (κ2) is 7.60. The SMILES string of the molecule is CCN(c1ccc(C(C)NC)cc1F)C(C)CN(C)C. The van der Waals surface area contributed by atoms with Crippen molar-refractivity contribution in [3.05, 3.63) is 29.6 Å². The van der Waals surface area contributed by atoms with Crippen LogP contribution in [0.4, 0.5) is 10.1 Å². The van der Waals surface area contributed by atoms with E-state index in [0.717, 1.165) is 18.7 Å². The first-order chi connectivity index (χ1) is 9.40. The van der Waals surface area contributed by atoms with Crippen molar-refractivity contribution in [1.29, 1.82) is 0 Å². The molecule has 2 atom stereocenters. The van der Waals surface area contributed by atoms with Crippen molar-refractivity contribution in [3.8, 4) is 0 Å². The monoisotopic (exact) mass is 281 g/mol. The van der Waals surface area contributed by atoms with E-state index < -0.39 is 0 Å². The van der Waals surface area contributed by atoms with Gasteiger partial charge >= 0.3 is 0 Å². The zero-order valence-electron chi connectivity index (χ0n) is 13.6. The maximum Gasteiger partial charge on any atom is 0.146 e. The summed E-state index contributed by atoms with van der Waals surface area (Å²) < 4.78 is 14.4. The Balaban J connectivity index is 2.98. The molecule has 1 N–H and O–H groups in total. The lowest BCUT2D eigenvalue weighted by atomic mass is 10.1. The molecule has 0 aliphatic rings. The van der Waals surface area contributed by atoms with Crippen LogP contribution in [0.15, 0.2) is 18.2 Å². The predicted octanol–water partition coefficient (Wildman–Crippen LogP) is 2.88. The summed E-state index contributed by atoms with van der Waals surface area (Å²) in [5, 5.41) is 3.13. The summed E-state index contributed by atoms with van der Waals surface area (Å²) in [5.74, 6) is -0.142. The number of rotatable bonds is 7. The molecule has 0 saturated heterocycles. The fraction of sp³-hybridized carbons (Fsp3) is 0.625. The third-order valence-corrected chi connectivity index (χ3v) is 3.72. The molecular weight excluding hydrogens is 253 g/mol. The van der Waals surface area contributed by atoms with E-state index in [4.69, 9.17) is 0 Å². The van der Waals surface area contributed by atoms with Crippen molar-refractivity contribution in [3.63, 3.8) is 0 Å². The van der Waals surface area contributed by atoms with Crippen molar-refractivity contribution in [2.75, 3.05) is 39.1 Å². The highest BCUT2D eigenvalue weighted by Gasteiger charge is 2.18. The lowest BCUT2D eigenvalue weighted by Crippen LogP contribution is -2.40. The molecule has 3 nitrogen and oxygen atoms in total. The molecule has 0 heterocycles. The fourth-order valence-electron chi connectivity index (χ4n) is 2.54. The molecule has 1 aromatic rings. The van der Waals surface area contributed by atoms with Gasteiger partial charge in [-0.15, -0.1) is 0 Å². The summed E-state index contributed by atoms with van der Waals surface area (Å²) >= 11 is 0. The molecule has 0 amide bonds. The van der Waals surface area contributed by atoms with Crippen molar-refractivity contribution in [2.24, 2.45) is 0 Å². The second-order valence-electron chi connectivity index (χ2n) is 5.62. The Kier molecular flexibility index (Phi) is 6.43. The summed E-state index contributed by atoms with van der Waals surface area (Å²) in [6, 6.07) is 5.98. The maximum absolute atomic E-state index is 14.4. The van der Waals surface area contributed by atoms with E-state index in [1.807, 2.05) is 40.2 Å². The molecule has 1 aromatic carbocycles. The largest absolute Gasteiger partial charge is 0.365 e. The molecule has 0 aliphatic carbocycles. The van der Waals surface area contributed by atoms with E-state index in [0.29, 0.717) is 5.69 Å². The van der Waals surface area contributed by atoms with Gasteiger partial charge in [-0.1, -0.05) is 6.07 Å². The van der Waals surface area contributed by atoms with Crippen molar-refractivity contribution in [1.82, 2.24) is 10.2 Å². The second-order valence-corrected chi connectivity index (χ2v) is 5.62. The minimum atomic E-state index is -0.142. The van der Waals surface area contributed by atoms with Crippen molar-refractivity contribution >= 4 is 5.69 Å². The summed E-state index contributed by atoms with van der Waals surface area (Å²) in [7, 11) is 5.96. The number of benzene rings is 1. The van der Waals surface area contributed by atoms with Gasteiger partial charge in [0.1, 0.15) is 5.82 Å². The maximum atomic E-state index is 14.4. The van der Waals surface area contributed by atoms with Gasteiger partial charge in [-0.05, 0) is 59.6 Å². The molecule has 0 spiro atoms. The summed E-state index contributed by atoms with van der Waals surface area (Å²) in [6.07, 6.45) is 0. The van der Waals surface area contributed by atoms with Gasteiger partial charge in [-0.3, -0.25) is 0 Å². The minimum absolute atomic E-state index is 0.142. The van der Waals surface area contributed by atoms with E-state index in [1.54, 1.807) is 6.07 Å². The number of halogens is 1. The molecule has 0 saturated carbocycles. The lowest BCUT2D eigenvalue weighted by Gasteiger charge is -2.32. The molecule has 20 heavy (non-hydrogen) atoms. The Morgan fingerprint density at radius 1 is 1.25 bits per heavy atom.